The third kappa shape index (κ3) is 2.59. The molecule has 0 saturated carbocycles. The Bertz CT molecular complexity index is 409. The molecule has 2 aliphatic carbocycles. The highest BCUT2D eigenvalue weighted by molar-refractivity contribution is 5.95. The number of hydrogen-bond acceptors (Lipinski definition) is 1. The average molecular weight is 229 g/mol. The zero-order valence-corrected chi connectivity index (χ0v) is 11.2. The van der Waals surface area contributed by atoms with Crippen molar-refractivity contribution in [3.8, 4) is 0 Å². The first-order valence-corrected chi connectivity index (χ1v) is 6.72. The molecule has 0 saturated heterocycles. The lowest BCUT2D eigenvalue weighted by Gasteiger charge is -2.31. The van der Waals surface area contributed by atoms with Gasteiger partial charge in [-0.1, -0.05) is 36.3 Å². The molecule has 92 valence electrons. The monoisotopic (exact) mass is 229 g/mol. The van der Waals surface area contributed by atoms with Crippen LogP contribution < -0.4 is 0 Å². The average Bonchev–Trinajstić information content (AvgIpc) is 2.30. The Balaban J connectivity index is 2.32. The van der Waals surface area contributed by atoms with Crippen molar-refractivity contribution in [1.82, 2.24) is 0 Å². The fourth-order valence-corrected chi connectivity index (χ4v) is 3.02. The summed E-state index contributed by atoms with van der Waals surface area (Å²) in [6.07, 6.45) is 11.6. The highest BCUT2D eigenvalue weighted by Gasteiger charge is 2.26. The summed E-state index contributed by atoms with van der Waals surface area (Å²) in [5, 5.41) is 7.81. The topological polar surface area (TPSA) is 23.9 Å². The molecule has 0 aromatic rings. The molecule has 0 amide bonds. The molecule has 0 spiro atoms. The molecule has 17 heavy (non-hydrogen) atoms. The maximum atomic E-state index is 7.81. The summed E-state index contributed by atoms with van der Waals surface area (Å²) in [5.74, 6) is 1.30. The van der Waals surface area contributed by atoms with Gasteiger partial charge < -0.3 is 5.41 Å². The summed E-state index contributed by atoms with van der Waals surface area (Å²) < 4.78 is 0. The minimum Gasteiger partial charge on any atom is -0.305 e. The lowest BCUT2D eigenvalue weighted by molar-refractivity contribution is 0.415. The highest BCUT2D eigenvalue weighted by Crippen LogP contribution is 2.38. The predicted molar refractivity (Wildman–Crippen MR) is 74.4 cm³/mol. The zero-order chi connectivity index (χ0) is 12.4. The van der Waals surface area contributed by atoms with Crippen molar-refractivity contribution in [2.45, 2.75) is 46.5 Å². The van der Waals surface area contributed by atoms with Gasteiger partial charge in [-0.15, -0.1) is 0 Å². The largest absolute Gasteiger partial charge is 0.305 e. The highest BCUT2D eigenvalue weighted by atomic mass is 14.4. The van der Waals surface area contributed by atoms with E-state index in [0.717, 1.165) is 18.1 Å². The third-order valence-electron chi connectivity index (χ3n) is 4.20. The number of allylic oxidation sites excluding steroid dienone is 6. The van der Waals surface area contributed by atoms with Gasteiger partial charge in [0.05, 0.1) is 0 Å². The summed E-state index contributed by atoms with van der Waals surface area (Å²) in [7, 11) is 0. The molecule has 2 rings (SSSR count). The molecule has 2 unspecified atom stereocenters. The van der Waals surface area contributed by atoms with Gasteiger partial charge >= 0.3 is 0 Å². The Morgan fingerprint density at radius 2 is 2.12 bits per heavy atom. The fraction of sp³-hybridized carbons (Fsp3) is 0.562. The van der Waals surface area contributed by atoms with Gasteiger partial charge in [0.2, 0.25) is 0 Å². The fourth-order valence-electron chi connectivity index (χ4n) is 3.02. The van der Waals surface area contributed by atoms with E-state index in [0.29, 0.717) is 5.92 Å². The van der Waals surface area contributed by atoms with E-state index >= 15 is 0 Å². The van der Waals surface area contributed by atoms with Crippen LogP contribution in [-0.4, -0.2) is 5.71 Å². The van der Waals surface area contributed by atoms with Gasteiger partial charge in [0.1, 0.15) is 0 Å². The van der Waals surface area contributed by atoms with Crippen LogP contribution in [0.15, 0.2) is 34.9 Å². The molecule has 1 nitrogen and oxygen atoms in total. The first-order chi connectivity index (χ1) is 8.09. The second-order valence-electron chi connectivity index (χ2n) is 5.51. The molecule has 0 fully saturated rings. The van der Waals surface area contributed by atoms with E-state index in [1.165, 1.54) is 30.4 Å². The van der Waals surface area contributed by atoms with Crippen molar-refractivity contribution >= 4 is 5.71 Å². The number of rotatable bonds is 2. The van der Waals surface area contributed by atoms with Crippen LogP contribution in [0.4, 0.5) is 0 Å². The number of hydrogen-bond donors (Lipinski definition) is 1. The van der Waals surface area contributed by atoms with Crippen LogP contribution in [0.2, 0.25) is 0 Å². The normalized spacial score (nSPS) is 29.2. The Kier molecular flexibility index (Phi) is 3.66. The van der Waals surface area contributed by atoms with Crippen molar-refractivity contribution in [2.75, 3.05) is 0 Å². The van der Waals surface area contributed by atoms with Crippen molar-refractivity contribution in [3.63, 3.8) is 0 Å². The van der Waals surface area contributed by atoms with Crippen molar-refractivity contribution < 1.29 is 0 Å². The van der Waals surface area contributed by atoms with Gasteiger partial charge in [0.15, 0.2) is 0 Å². The molecule has 1 N–H and O–H groups in total. The first kappa shape index (κ1) is 12.3. The second kappa shape index (κ2) is 5.03. The standard InChI is InChI=1S/C16H23N/c1-11-6-4-5-7-15(11)16-10-14(13(3)17)9-8-12(16)2/h4,6,10,12,16-17H,5,7-9H2,1-3H3. The SMILES string of the molecule is CC(=N)C1=CC(C2=C(C)C=CCC2)C(C)CC1. The molecule has 1 heteroatoms. The molecule has 0 aromatic heterocycles. The van der Waals surface area contributed by atoms with E-state index in [-0.39, 0.29) is 0 Å². The third-order valence-corrected chi connectivity index (χ3v) is 4.20. The van der Waals surface area contributed by atoms with Crippen LogP contribution in [0.1, 0.15) is 46.5 Å². The Labute approximate surface area is 105 Å². The van der Waals surface area contributed by atoms with Gasteiger partial charge in [-0.2, -0.15) is 0 Å². The molecule has 0 aromatic carbocycles. The van der Waals surface area contributed by atoms with Gasteiger partial charge in [0, 0.05) is 11.6 Å². The van der Waals surface area contributed by atoms with Crippen molar-refractivity contribution in [1.29, 1.82) is 5.41 Å². The van der Waals surface area contributed by atoms with E-state index in [2.05, 4.69) is 32.1 Å². The van der Waals surface area contributed by atoms with Gasteiger partial charge in [-0.05, 0) is 51.0 Å². The van der Waals surface area contributed by atoms with Gasteiger partial charge in [-0.25, -0.2) is 0 Å². The molecule has 0 bridgehead atoms. The van der Waals surface area contributed by atoms with Crippen molar-refractivity contribution in [3.05, 3.63) is 34.9 Å². The van der Waals surface area contributed by atoms with Crippen LogP contribution in [0.5, 0.6) is 0 Å². The Morgan fingerprint density at radius 1 is 1.35 bits per heavy atom. The van der Waals surface area contributed by atoms with E-state index in [9.17, 15) is 0 Å². The summed E-state index contributed by atoms with van der Waals surface area (Å²) in [6, 6.07) is 0. The van der Waals surface area contributed by atoms with Crippen LogP contribution in [0, 0.1) is 17.2 Å². The quantitative estimate of drug-likeness (QED) is 0.666. The van der Waals surface area contributed by atoms with Crippen LogP contribution in [0.3, 0.4) is 0 Å². The first-order valence-electron chi connectivity index (χ1n) is 6.72. The summed E-state index contributed by atoms with van der Waals surface area (Å²) >= 11 is 0. The molecule has 0 radical (unpaired) electrons. The molecule has 0 heterocycles. The lowest BCUT2D eigenvalue weighted by atomic mass is 9.74. The van der Waals surface area contributed by atoms with Gasteiger partial charge in [0.25, 0.3) is 0 Å². The van der Waals surface area contributed by atoms with E-state index in [4.69, 9.17) is 5.41 Å². The maximum Gasteiger partial charge on any atom is 0.0311 e. The van der Waals surface area contributed by atoms with Crippen LogP contribution in [-0.2, 0) is 0 Å². The van der Waals surface area contributed by atoms with Crippen molar-refractivity contribution in [2.24, 2.45) is 11.8 Å². The Hall–Kier alpha value is -1.11. The molecular formula is C16H23N. The van der Waals surface area contributed by atoms with Crippen LogP contribution in [0.25, 0.3) is 0 Å². The predicted octanol–water partition coefficient (Wildman–Crippen LogP) is 4.67. The zero-order valence-electron chi connectivity index (χ0n) is 11.2. The summed E-state index contributed by atoms with van der Waals surface area (Å²) in [4.78, 5) is 0. The van der Waals surface area contributed by atoms with E-state index in [1.54, 1.807) is 5.57 Å². The second-order valence-corrected chi connectivity index (χ2v) is 5.51. The molecule has 2 atom stereocenters. The molecular weight excluding hydrogens is 206 g/mol. The lowest BCUT2D eigenvalue weighted by Crippen LogP contribution is -2.20. The smallest absolute Gasteiger partial charge is 0.0311 e. The molecule has 0 aliphatic heterocycles. The summed E-state index contributed by atoms with van der Waals surface area (Å²) in [6.45, 7) is 6.51. The van der Waals surface area contributed by atoms with Crippen LogP contribution >= 0.6 is 0 Å². The number of nitrogens with one attached hydrogen (secondary N) is 1. The maximum absolute atomic E-state index is 7.81. The van der Waals surface area contributed by atoms with E-state index < -0.39 is 0 Å². The van der Waals surface area contributed by atoms with E-state index in [1.807, 2.05) is 6.92 Å². The summed E-state index contributed by atoms with van der Waals surface area (Å²) in [5.41, 5.74) is 5.08. The Morgan fingerprint density at radius 3 is 2.76 bits per heavy atom. The minimum absolute atomic E-state index is 0.573. The van der Waals surface area contributed by atoms with Gasteiger partial charge in [-0.3, -0.25) is 0 Å². The minimum atomic E-state index is 0.573. The molecule has 2 aliphatic rings.